The van der Waals surface area contributed by atoms with Gasteiger partial charge in [0, 0.05) is 27.8 Å². The topological polar surface area (TPSA) is 52.4 Å². The molecule has 0 saturated heterocycles. The lowest BCUT2D eigenvalue weighted by Crippen LogP contribution is -2.55. The third-order valence-corrected chi connectivity index (χ3v) is 5.64. The highest BCUT2D eigenvalue weighted by Gasteiger charge is 2.57. The maximum atomic E-state index is 10.9. The van der Waals surface area contributed by atoms with Gasteiger partial charge in [0.15, 0.2) is 0 Å². The lowest BCUT2D eigenvalue weighted by molar-refractivity contribution is -0.385. The number of nitro benzene ring substituents is 1. The standard InChI is InChI=1S/C14H15BrClNO3/c15-9-5-10(17(18)19)7-11(6-9)20-13-8-12(16)14(13)3-1-2-4-14/h5-7,12-13H,1-4,8H2. The average molecular weight is 361 g/mol. The Hall–Kier alpha value is -0.810. The summed E-state index contributed by atoms with van der Waals surface area (Å²) in [4.78, 5) is 10.5. The molecule has 2 atom stereocenters. The Labute approximate surface area is 130 Å². The fourth-order valence-corrected chi connectivity index (χ4v) is 4.40. The number of non-ortho nitro benzene ring substituents is 1. The van der Waals surface area contributed by atoms with Crippen LogP contribution in [-0.2, 0) is 0 Å². The van der Waals surface area contributed by atoms with Gasteiger partial charge < -0.3 is 4.74 Å². The van der Waals surface area contributed by atoms with Crippen molar-refractivity contribution >= 4 is 33.2 Å². The fraction of sp³-hybridized carbons (Fsp3) is 0.571. The summed E-state index contributed by atoms with van der Waals surface area (Å²) in [6.07, 6.45) is 5.50. The number of hydrogen-bond acceptors (Lipinski definition) is 3. The summed E-state index contributed by atoms with van der Waals surface area (Å²) in [5.74, 6) is 0.547. The summed E-state index contributed by atoms with van der Waals surface area (Å²) in [6.45, 7) is 0. The number of nitrogens with zero attached hydrogens (tertiary/aromatic N) is 1. The Bertz CT molecular complexity index is 545. The molecule has 3 rings (SSSR count). The zero-order valence-electron chi connectivity index (χ0n) is 10.9. The van der Waals surface area contributed by atoms with Crippen LogP contribution < -0.4 is 4.74 Å². The molecule has 2 aliphatic rings. The first-order chi connectivity index (χ1) is 9.51. The molecule has 2 aliphatic carbocycles. The van der Waals surface area contributed by atoms with Crippen LogP contribution in [0.15, 0.2) is 22.7 Å². The molecule has 2 saturated carbocycles. The minimum Gasteiger partial charge on any atom is -0.489 e. The molecule has 2 unspecified atom stereocenters. The Morgan fingerprint density at radius 2 is 2.05 bits per heavy atom. The molecule has 20 heavy (non-hydrogen) atoms. The molecule has 0 aliphatic heterocycles. The van der Waals surface area contributed by atoms with Crippen molar-refractivity contribution in [1.82, 2.24) is 0 Å². The number of hydrogen-bond donors (Lipinski definition) is 0. The van der Waals surface area contributed by atoms with Crippen LogP contribution in [0.4, 0.5) is 5.69 Å². The van der Waals surface area contributed by atoms with Crippen LogP contribution in [0.5, 0.6) is 5.75 Å². The lowest BCUT2D eigenvalue weighted by Gasteiger charge is -2.50. The van der Waals surface area contributed by atoms with E-state index in [1.165, 1.54) is 25.0 Å². The van der Waals surface area contributed by atoms with Crippen LogP contribution in [-0.4, -0.2) is 16.4 Å². The molecule has 4 nitrogen and oxygen atoms in total. The highest BCUT2D eigenvalue weighted by molar-refractivity contribution is 9.10. The van der Waals surface area contributed by atoms with Crippen molar-refractivity contribution in [1.29, 1.82) is 0 Å². The van der Waals surface area contributed by atoms with Crippen LogP contribution in [0.3, 0.4) is 0 Å². The first-order valence-corrected chi connectivity index (χ1v) is 8.00. The molecule has 108 valence electrons. The van der Waals surface area contributed by atoms with E-state index < -0.39 is 4.92 Å². The van der Waals surface area contributed by atoms with E-state index in [1.54, 1.807) is 6.07 Å². The highest BCUT2D eigenvalue weighted by Crippen LogP contribution is 2.57. The predicted octanol–water partition coefficient (Wildman–Crippen LogP) is 4.68. The number of ether oxygens (including phenoxy) is 1. The Morgan fingerprint density at radius 1 is 1.35 bits per heavy atom. The molecule has 1 spiro atoms. The number of halogens is 2. The maximum absolute atomic E-state index is 10.9. The summed E-state index contributed by atoms with van der Waals surface area (Å²) in [5.41, 5.74) is 0.121. The van der Waals surface area contributed by atoms with E-state index in [2.05, 4.69) is 15.9 Å². The van der Waals surface area contributed by atoms with Gasteiger partial charge in [-0.25, -0.2) is 0 Å². The van der Waals surface area contributed by atoms with Gasteiger partial charge in [0.1, 0.15) is 11.9 Å². The van der Waals surface area contributed by atoms with Gasteiger partial charge in [0.05, 0.1) is 11.0 Å². The van der Waals surface area contributed by atoms with Crippen molar-refractivity contribution < 1.29 is 9.66 Å². The summed E-state index contributed by atoms with van der Waals surface area (Å²) in [6, 6.07) is 4.73. The predicted molar refractivity (Wildman–Crippen MR) is 80.4 cm³/mol. The molecule has 1 aromatic carbocycles. The monoisotopic (exact) mass is 359 g/mol. The summed E-state index contributed by atoms with van der Waals surface area (Å²) in [7, 11) is 0. The van der Waals surface area contributed by atoms with Crippen LogP contribution in [0.2, 0.25) is 0 Å². The Balaban J connectivity index is 1.80. The van der Waals surface area contributed by atoms with Gasteiger partial charge in [-0.1, -0.05) is 28.8 Å². The molecule has 0 N–H and O–H groups in total. The van der Waals surface area contributed by atoms with Gasteiger partial charge >= 0.3 is 0 Å². The Kier molecular flexibility index (Phi) is 3.67. The SMILES string of the molecule is O=[N+]([O-])c1cc(Br)cc(OC2CC(Cl)C23CCCC3)c1. The van der Waals surface area contributed by atoms with Crippen LogP contribution in [0.25, 0.3) is 0 Å². The third-order valence-electron chi connectivity index (χ3n) is 4.57. The molecular weight excluding hydrogens is 346 g/mol. The number of benzene rings is 1. The molecule has 1 aromatic rings. The van der Waals surface area contributed by atoms with E-state index in [9.17, 15) is 10.1 Å². The van der Waals surface area contributed by atoms with E-state index in [4.69, 9.17) is 16.3 Å². The largest absolute Gasteiger partial charge is 0.489 e. The second kappa shape index (κ2) is 5.19. The van der Waals surface area contributed by atoms with Crippen LogP contribution in [0.1, 0.15) is 32.1 Å². The molecule has 0 amide bonds. The number of nitro groups is 1. The summed E-state index contributed by atoms with van der Waals surface area (Å²) in [5, 5.41) is 11.1. The number of rotatable bonds is 3. The van der Waals surface area contributed by atoms with Gasteiger partial charge in [0.2, 0.25) is 0 Å². The van der Waals surface area contributed by atoms with Crippen LogP contribution >= 0.6 is 27.5 Å². The highest BCUT2D eigenvalue weighted by atomic mass is 79.9. The van der Waals surface area contributed by atoms with E-state index in [1.807, 2.05) is 0 Å². The summed E-state index contributed by atoms with van der Waals surface area (Å²) >= 11 is 9.68. The quantitative estimate of drug-likeness (QED) is 0.447. The van der Waals surface area contributed by atoms with Gasteiger partial charge in [-0.2, -0.15) is 0 Å². The Morgan fingerprint density at radius 3 is 2.65 bits per heavy atom. The van der Waals surface area contributed by atoms with Crippen molar-refractivity contribution in [2.24, 2.45) is 5.41 Å². The van der Waals surface area contributed by atoms with E-state index in [-0.39, 0.29) is 22.6 Å². The first kappa shape index (κ1) is 14.1. The van der Waals surface area contributed by atoms with Gasteiger partial charge in [-0.05, 0) is 18.9 Å². The zero-order chi connectivity index (χ0) is 14.3. The van der Waals surface area contributed by atoms with Crippen molar-refractivity contribution in [3.8, 4) is 5.75 Å². The molecule has 0 aromatic heterocycles. The molecule has 6 heteroatoms. The van der Waals surface area contributed by atoms with E-state index in [0.29, 0.717) is 10.2 Å². The molecule has 2 fully saturated rings. The average Bonchev–Trinajstić information content (AvgIpc) is 2.90. The second-order valence-electron chi connectivity index (χ2n) is 5.65. The lowest BCUT2D eigenvalue weighted by atomic mass is 9.64. The van der Waals surface area contributed by atoms with Gasteiger partial charge in [-0.3, -0.25) is 10.1 Å². The van der Waals surface area contributed by atoms with Gasteiger partial charge in [0.25, 0.3) is 5.69 Å². The van der Waals surface area contributed by atoms with Crippen molar-refractivity contribution in [3.05, 3.63) is 32.8 Å². The summed E-state index contributed by atoms with van der Waals surface area (Å²) < 4.78 is 6.67. The van der Waals surface area contributed by atoms with Crippen molar-refractivity contribution in [2.75, 3.05) is 0 Å². The van der Waals surface area contributed by atoms with Crippen LogP contribution in [0, 0.1) is 15.5 Å². The molecular formula is C14H15BrClNO3. The van der Waals surface area contributed by atoms with Crippen molar-refractivity contribution in [3.63, 3.8) is 0 Å². The minimum absolute atomic E-state index is 0.0385. The number of alkyl halides is 1. The fourth-order valence-electron chi connectivity index (χ4n) is 3.42. The third kappa shape index (κ3) is 2.31. The van der Waals surface area contributed by atoms with E-state index >= 15 is 0 Å². The second-order valence-corrected chi connectivity index (χ2v) is 7.09. The van der Waals surface area contributed by atoms with Gasteiger partial charge in [-0.15, -0.1) is 11.6 Å². The smallest absolute Gasteiger partial charge is 0.274 e. The first-order valence-electron chi connectivity index (χ1n) is 6.77. The zero-order valence-corrected chi connectivity index (χ0v) is 13.2. The molecule has 0 radical (unpaired) electrons. The van der Waals surface area contributed by atoms with E-state index in [0.717, 1.165) is 19.3 Å². The van der Waals surface area contributed by atoms with Crippen molar-refractivity contribution in [2.45, 2.75) is 43.6 Å². The molecule has 0 heterocycles. The normalized spacial score (nSPS) is 27.3. The minimum atomic E-state index is -0.409. The molecule has 0 bridgehead atoms. The maximum Gasteiger partial charge on any atom is 0.274 e.